The third-order valence-electron chi connectivity index (χ3n) is 1.07. The molecular weight excluding hydrogens is 152 g/mol. The van der Waals surface area contributed by atoms with Crippen molar-refractivity contribution in [3.8, 4) is 0 Å². The predicted molar refractivity (Wildman–Crippen MR) is 33.0 cm³/mol. The van der Waals surface area contributed by atoms with Crippen LogP contribution in [0.1, 0.15) is 0 Å². The molecule has 0 aromatic rings. The van der Waals surface area contributed by atoms with Crippen LogP contribution in [0.2, 0.25) is 0 Å². The number of carboxylic acid groups (broad SMARTS) is 1. The smallest absolute Gasteiger partial charge is 0.478 e. The average Bonchev–Trinajstić information content (AvgIpc) is 2.31. The third kappa shape index (κ3) is 2.29. The standard InChI is InChI=1S/C6H6O5/c7-5(8)2-1-4-3-10-6(9)11-4/h1-2,4H,3H2,(H,7,8)/b2-1-. The highest BCUT2D eigenvalue weighted by molar-refractivity contribution is 5.79. The lowest BCUT2D eigenvalue weighted by atomic mass is 10.3. The van der Waals surface area contributed by atoms with Gasteiger partial charge in [0, 0.05) is 6.08 Å². The molecule has 5 heteroatoms. The molecule has 1 fully saturated rings. The van der Waals surface area contributed by atoms with Crippen LogP contribution in [0.25, 0.3) is 0 Å². The minimum absolute atomic E-state index is 0.0859. The van der Waals surface area contributed by atoms with Crippen molar-refractivity contribution in [2.45, 2.75) is 6.10 Å². The fourth-order valence-corrected chi connectivity index (χ4v) is 0.626. The van der Waals surface area contributed by atoms with Crippen LogP contribution in [-0.4, -0.2) is 29.9 Å². The van der Waals surface area contributed by atoms with E-state index < -0.39 is 18.2 Å². The molecule has 0 aromatic carbocycles. The molecule has 0 saturated carbocycles. The number of carboxylic acids is 1. The largest absolute Gasteiger partial charge is 0.509 e. The van der Waals surface area contributed by atoms with Gasteiger partial charge in [-0.2, -0.15) is 0 Å². The Hall–Kier alpha value is -1.52. The Kier molecular flexibility index (Phi) is 2.10. The summed E-state index contributed by atoms with van der Waals surface area (Å²) in [4.78, 5) is 20.2. The first-order valence-corrected chi connectivity index (χ1v) is 2.93. The molecule has 5 nitrogen and oxygen atoms in total. The monoisotopic (exact) mass is 158 g/mol. The van der Waals surface area contributed by atoms with E-state index in [0.29, 0.717) is 0 Å². The van der Waals surface area contributed by atoms with Gasteiger partial charge in [-0.3, -0.25) is 0 Å². The van der Waals surface area contributed by atoms with E-state index >= 15 is 0 Å². The second-order valence-electron chi connectivity index (χ2n) is 1.91. The molecule has 1 aliphatic rings. The summed E-state index contributed by atoms with van der Waals surface area (Å²) in [7, 11) is 0. The highest BCUT2D eigenvalue weighted by Crippen LogP contribution is 2.06. The van der Waals surface area contributed by atoms with Crippen LogP contribution >= 0.6 is 0 Å². The van der Waals surface area contributed by atoms with Gasteiger partial charge in [0.15, 0.2) is 6.10 Å². The van der Waals surface area contributed by atoms with Crippen molar-refractivity contribution in [1.29, 1.82) is 0 Å². The molecule has 0 aliphatic carbocycles. The van der Waals surface area contributed by atoms with Gasteiger partial charge in [0.25, 0.3) is 0 Å². The van der Waals surface area contributed by atoms with E-state index in [0.717, 1.165) is 6.08 Å². The van der Waals surface area contributed by atoms with E-state index in [-0.39, 0.29) is 6.61 Å². The maximum atomic E-state index is 10.3. The van der Waals surface area contributed by atoms with Crippen LogP contribution in [0.3, 0.4) is 0 Å². The Morgan fingerprint density at radius 1 is 1.73 bits per heavy atom. The SMILES string of the molecule is O=C(O)/C=C\C1COC(=O)O1. The molecule has 0 spiro atoms. The van der Waals surface area contributed by atoms with Gasteiger partial charge in [-0.1, -0.05) is 0 Å². The molecule has 1 atom stereocenters. The average molecular weight is 158 g/mol. The lowest BCUT2D eigenvalue weighted by molar-refractivity contribution is -0.131. The summed E-state index contributed by atoms with van der Waals surface area (Å²) in [5.41, 5.74) is 0. The van der Waals surface area contributed by atoms with E-state index in [1.54, 1.807) is 0 Å². The zero-order valence-electron chi connectivity index (χ0n) is 5.52. The van der Waals surface area contributed by atoms with Crippen LogP contribution in [0.5, 0.6) is 0 Å². The summed E-state index contributed by atoms with van der Waals surface area (Å²) in [6, 6.07) is 0. The Labute approximate surface area is 62.2 Å². The normalized spacial score (nSPS) is 23.3. The molecule has 1 aliphatic heterocycles. The van der Waals surface area contributed by atoms with Crippen LogP contribution in [0, 0.1) is 0 Å². The second kappa shape index (κ2) is 3.05. The summed E-state index contributed by atoms with van der Waals surface area (Å²) in [5, 5.41) is 8.17. The number of aliphatic carboxylic acids is 1. The van der Waals surface area contributed by atoms with Crippen molar-refractivity contribution in [2.24, 2.45) is 0 Å². The van der Waals surface area contributed by atoms with Crippen molar-refractivity contribution in [3.63, 3.8) is 0 Å². The van der Waals surface area contributed by atoms with E-state index in [1.165, 1.54) is 6.08 Å². The van der Waals surface area contributed by atoms with Crippen LogP contribution < -0.4 is 0 Å². The molecule has 11 heavy (non-hydrogen) atoms. The molecule has 1 N–H and O–H groups in total. The number of hydrogen-bond acceptors (Lipinski definition) is 4. The lowest BCUT2D eigenvalue weighted by Gasteiger charge is -1.94. The zero-order valence-corrected chi connectivity index (χ0v) is 5.52. The topological polar surface area (TPSA) is 72.8 Å². The number of cyclic esters (lactones) is 2. The van der Waals surface area contributed by atoms with Crippen molar-refractivity contribution in [1.82, 2.24) is 0 Å². The minimum atomic E-state index is -1.08. The zero-order chi connectivity index (χ0) is 8.27. The van der Waals surface area contributed by atoms with Gasteiger partial charge >= 0.3 is 12.1 Å². The van der Waals surface area contributed by atoms with E-state index in [9.17, 15) is 9.59 Å². The van der Waals surface area contributed by atoms with Crippen molar-refractivity contribution < 1.29 is 24.2 Å². The molecule has 1 unspecified atom stereocenters. The Balaban J connectivity index is 2.39. The highest BCUT2D eigenvalue weighted by Gasteiger charge is 2.22. The van der Waals surface area contributed by atoms with Crippen LogP contribution in [-0.2, 0) is 14.3 Å². The third-order valence-corrected chi connectivity index (χ3v) is 1.07. The van der Waals surface area contributed by atoms with Gasteiger partial charge in [0.2, 0.25) is 0 Å². The number of rotatable bonds is 2. The molecule has 1 saturated heterocycles. The molecule has 1 heterocycles. The molecule has 0 bridgehead atoms. The fraction of sp³-hybridized carbons (Fsp3) is 0.333. The molecule has 0 amide bonds. The van der Waals surface area contributed by atoms with E-state index in [2.05, 4.69) is 9.47 Å². The van der Waals surface area contributed by atoms with Crippen molar-refractivity contribution in [2.75, 3.05) is 6.61 Å². The number of carbonyl (C=O) groups excluding carboxylic acids is 1. The van der Waals surface area contributed by atoms with Crippen LogP contribution in [0.15, 0.2) is 12.2 Å². The molecular formula is C6H6O5. The number of carbonyl (C=O) groups is 2. The van der Waals surface area contributed by atoms with Gasteiger partial charge in [-0.25, -0.2) is 9.59 Å². The Bertz CT molecular complexity index is 207. The second-order valence-corrected chi connectivity index (χ2v) is 1.91. The summed E-state index contributed by atoms with van der Waals surface area (Å²) in [5.74, 6) is -1.08. The first kappa shape index (κ1) is 7.59. The van der Waals surface area contributed by atoms with Gasteiger partial charge < -0.3 is 14.6 Å². The highest BCUT2D eigenvalue weighted by atomic mass is 16.8. The summed E-state index contributed by atoms with van der Waals surface area (Å²) in [6.45, 7) is 0.0859. The first-order valence-electron chi connectivity index (χ1n) is 2.93. The maximum absolute atomic E-state index is 10.3. The number of ether oxygens (including phenoxy) is 2. The summed E-state index contributed by atoms with van der Waals surface area (Å²) >= 11 is 0. The first-order chi connectivity index (χ1) is 5.18. The molecule has 60 valence electrons. The lowest BCUT2D eigenvalue weighted by Crippen LogP contribution is -2.05. The molecule has 0 radical (unpaired) electrons. The Morgan fingerprint density at radius 3 is 2.91 bits per heavy atom. The minimum Gasteiger partial charge on any atom is -0.478 e. The van der Waals surface area contributed by atoms with Gasteiger partial charge in [-0.15, -0.1) is 0 Å². The predicted octanol–water partition coefficient (Wildman–Crippen LogP) is 0.163. The maximum Gasteiger partial charge on any atom is 0.509 e. The van der Waals surface area contributed by atoms with Crippen LogP contribution in [0.4, 0.5) is 4.79 Å². The fourth-order valence-electron chi connectivity index (χ4n) is 0.626. The molecule has 0 aromatic heterocycles. The van der Waals surface area contributed by atoms with Crippen molar-refractivity contribution >= 4 is 12.1 Å². The molecule has 1 rings (SSSR count). The summed E-state index contributed by atoms with van der Waals surface area (Å²) in [6.07, 6.45) is 0.850. The van der Waals surface area contributed by atoms with Gasteiger partial charge in [0.1, 0.15) is 6.61 Å². The van der Waals surface area contributed by atoms with Gasteiger partial charge in [0.05, 0.1) is 0 Å². The van der Waals surface area contributed by atoms with E-state index in [4.69, 9.17) is 5.11 Å². The van der Waals surface area contributed by atoms with Crippen molar-refractivity contribution in [3.05, 3.63) is 12.2 Å². The Morgan fingerprint density at radius 2 is 2.45 bits per heavy atom. The van der Waals surface area contributed by atoms with Gasteiger partial charge in [-0.05, 0) is 6.08 Å². The number of hydrogen-bond donors (Lipinski definition) is 1. The van der Waals surface area contributed by atoms with E-state index in [1.807, 2.05) is 0 Å². The summed E-state index contributed by atoms with van der Waals surface area (Å²) < 4.78 is 8.89. The quantitative estimate of drug-likeness (QED) is 0.457.